The van der Waals surface area contributed by atoms with E-state index >= 15 is 0 Å². The molecule has 0 aliphatic heterocycles. The molecule has 0 bridgehead atoms. The fourth-order valence-corrected chi connectivity index (χ4v) is 2.13. The van der Waals surface area contributed by atoms with Crippen LogP contribution in [-0.4, -0.2) is 16.7 Å². The normalized spacial score (nSPS) is 11.6. The number of rotatable bonds is 5. The summed E-state index contributed by atoms with van der Waals surface area (Å²) >= 11 is 0. The Morgan fingerprint density at radius 1 is 1.16 bits per heavy atom. The third-order valence-electron chi connectivity index (χ3n) is 3.11. The molecule has 0 aliphatic rings. The molecule has 1 aromatic heterocycles. The number of nitrogens with zero attached hydrogens (tertiary/aromatic N) is 1. The molecule has 0 radical (unpaired) electrons. The van der Waals surface area contributed by atoms with Gasteiger partial charge in [0.05, 0.1) is 5.69 Å². The van der Waals surface area contributed by atoms with Gasteiger partial charge in [-0.2, -0.15) is 0 Å². The van der Waals surface area contributed by atoms with Gasteiger partial charge in [0.1, 0.15) is 0 Å². The van der Waals surface area contributed by atoms with Gasteiger partial charge in [0.2, 0.25) is 0 Å². The average molecular weight is 253 g/mol. The minimum absolute atomic E-state index is 0.214. The van der Waals surface area contributed by atoms with E-state index in [-0.39, 0.29) is 6.61 Å². The van der Waals surface area contributed by atoms with Gasteiger partial charge < -0.3 is 5.11 Å². The quantitative estimate of drug-likeness (QED) is 0.881. The molecule has 0 atom stereocenters. The smallest absolute Gasteiger partial charge is 0.0632 e. The van der Waals surface area contributed by atoms with Crippen LogP contribution in [0, 0.1) is 6.92 Å². The highest BCUT2D eigenvalue weighted by Crippen LogP contribution is 2.25. The van der Waals surface area contributed by atoms with Crippen molar-refractivity contribution in [3.05, 3.63) is 65.5 Å². The summed E-state index contributed by atoms with van der Waals surface area (Å²) in [5.41, 5.74) is 4.67. The van der Waals surface area contributed by atoms with Crippen molar-refractivity contribution in [2.45, 2.75) is 19.8 Å². The standard InChI is InChI=1S/C17H19NO/c1-14-7-2-3-10-17(14)15(8-6-12-19)13-16-9-4-5-11-18-16/h2-5,7,9-11,13,19H,6,8,12H2,1H3/b15-13+. The molecule has 1 heterocycles. The highest BCUT2D eigenvalue weighted by Gasteiger charge is 2.05. The van der Waals surface area contributed by atoms with Crippen LogP contribution in [0.2, 0.25) is 0 Å². The maximum absolute atomic E-state index is 9.05. The lowest BCUT2D eigenvalue weighted by Gasteiger charge is -2.10. The topological polar surface area (TPSA) is 33.1 Å². The fourth-order valence-electron chi connectivity index (χ4n) is 2.13. The van der Waals surface area contributed by atoms with Crippen molar-refractivity contribution < 1.29 is 5.11 Å². The Hall–Kier alpha value is -1.93. The predicted molar refractivity (Wildman–Crippen MR) is 79.6 cm³/mol. The number of allylic oxidation sites excluding steroid dienone is 1. The van der Waals surface area contributed by atoms with Crippen LogP contribution in [0.15, 0.2) is 48.7 Å². The van der Waals surface area contributed by atoms with Crippen LogP contribution >= 0.6 is 0 Å². The molecule has 0 saturated heterocycles. The zero-order valence-corrected chi connectivity index (χ0v) is 11.2. The maximum Gasteiger partial charge on any atom is 0.0632 e. The van der Waals surface area contributed by atoms with Gasteiger partial charge in [-0.25, -0.2) is 0 Å². The summed E-state index contributed by atoms with van der Waals surface area (Å²) in [6.45, 7) is 2.33. The minimum atomic E-state index is 0.214. The molecular weight excluding hydrogens is 234 g/mol. The first-order chi connectivity index (χ1) is 9.31. The molecular formula is C17H19NO. The molecule has 0 fully saturated rings. The second-order valence-corrected chi connectivity index (χ2v) is 4.57. The number of aliphatic hydroxyl groups excluding tert-OH is 1. The minimum Gasteiger partial charge on any atom is -0.396 e. The largest absolute Gasteiger partial charge is 0.396 e. The number of hydrogen-bond donors (Lipinski definition) is 1. The predicted octanol–water partition coefficient (Wildman–Crippen LogP) is 3.70. The molecule has 0 aliphatic carbocycles. The first-order valence-corrected chi connectivity index (χ1v) is 6.59. The molecule has 0 saturated carbocycles. The molecule has 2 nitrogen and oxygen atoms in total. The van der Waals surface area contributed by atoms with Crippen LogP contribution in [-0.2, 0) is 0 Å². The van der Waals surface area contributed by atoms with Crippen LogP contribution in [0.5, 0.6) is 0 Å². The Kier molecular flexibility index (Phi) is 4.87. The van der Waals surface area contributed by atoms with Crippen molar-refractivity contribution >= 4 is 11.6 Å². The lowest BCUT2D eigenvalue weighted by atomic mass is 9.96. The SMILES string of the molecule is Cc1ccccc1/C(=C/c1ccccn1)CCCO. The third kappa shape index (κ3) is 3.76. The number of pyridine rings is 1. The van der Waals surface area contributed by atoms with E-state index in [0.717, 1.165) is 18.5 Å². The van der Waals surface area contributed by atoms with Crippen LogP contribution in [0.1, 0.15) is 29.7 Å². The van der Waals surface area contributed by atoms with Gasteiger partial charge in [-0.05, 0) is 54.7 Å². The maximum atomic E-state index is 9.05. The van der Waals surface area contributed by atoms with Gasteiger partial charge in [-0.1, -0.05) is 30.3 Å². The molecule has 0 unspecified atom stereocenters. The van der Waals surface area contributed by atoms with E-state index in [4.69, 9.17) is 5.11 Å². The number of aliphatic hydroxyl groups is 1. The van der Waals surface area contributed by atoms with E-state index in [1.54, 1.807) is 6.20 Å². The van der Waals surface area contributed by atoms with E-state index in [0.29, 0.717) is 0 Å². The van der Waals surface area contributed by atoms with E-state index < -0.39 is 0 Å². The summed E-state index contributed by atoms with van der Waals surface area (Å²) in [7, 11) is 0. The Morgan fingerprint density at radius 2 is 1.95 bits per heavy atom. The number of aryl methyl sites for hydroxylation is 1. The van der Waals surface area contributed by atoms with Crippen molar-refractivity contribution in [1.29, 1.82) is 0 Å². The Morgan fingerprint density at radius 3 is 2.63 bits per heavy atom. The first kappa shape index (κ1) is 13.5. The molecule has 98 valence electrons. The summed E-state index contributed by atoms with van der Waals surface area (Å²) in [5.74, 6) is 0. The molecule has 2 rings (SSSR count). The Bertz CT molecular complexity index is 546. The molecule has 1 N–H and O–H groups in total. The third-order valence-corrected chi connectivity index (χ3v) is 3.11. The van der Waals surface area contributed by atoms with E-state index in [1.807, 2.05) is 30.3 Å². The van der Waals surface area contributed by atoms with E-state index in [1.165, 1.54) is 16.7 Å². The van der Waals surface area contributed by atoms with Crippen molar-refractivity contribution in [2.24, 2.45) is 0 Å². The molecule has 2 heteroatoms. The van der Waals surface area contributed by atoms with Crippen LogP contribution in [0.3, 0.4) is 0 Å². The second-order valence-electron chi connectivity index (χ2n) is 4.57. The van der Waals surface area contributed by atoms with Crippen LogP contribution in [0.25, 0.3) is 11.6 Å². The van der Waals surface area contributed by atoms with Crippen LogP contribution < -0.4 is 0 Å². The Balaban J connectivity index is 2.36. The lowest BCUT2D eigenvalue weighted by Crippen LogP contribution is -1.92. The van der Waals surface area contributed by atoms with Gasteiger partial charge in [-0.3, -0.25) is 4.98 Å². The van der Waals surface area contributed by atoms with Gasteiger partial charge in [0.25, 0.3) is 0 Å². The zero-order valence-electron chi connectivity index (χ0n) is 11.2. The van der Waals surface area contributed by atoms with Gasteiger partial charge in [0.15, 0.2) is 0 Å². The van der Waals surface area contributed by atoms with Crippen molar-refractivity contribution in [1.82, 2.24) is 4.98 Å². The molecule has 0 amide bonds. The van der Waals surface area contributed by atoms with Gasteiger partial charge in [0, 0.05) is 12.8 Å². The average Bonchev–Trinajstić information content (AvgIpc) is 2.45. The van der Waals surface area contributed by atoms with Crippen LogP contribution in [0.4, 0.5) is 0 Å². The molecule has 0 spiro atoms. The highest BCUT2D eigenvalue weighted by molar-refractivity contribution is 5.81. The van der Waals surface area contributed by atoms with Gasteiger partial charge >= 0.3 is 0 Å². The summed E-state index contributed by atoms with van der Waals surface area (Å²) < 4.78 is 0. The van der Waals surface area contributed by atoms with Crippen molar-refractivity contribution in [3.8, 4) is 0 Å². The zero-order chi connectivity index (χ0) is 13.5. The highest BCUT2D eigenvalue weighted by atomic mass is 16.2. The lowest BCUT2D eigenvalue weighted by molar-refractivity contribution is 0.290. The monoisotopic (exact) mass is 253 g/mol. The second kappa shape index (κ2) is 6.86. The van der Waals surface area contributed by atoms with Crippen molar-refractivity contribution in [3.63, 3.8) is 0 Å². The van der Waals surface area contributed by atoms with Crippen molar-refractivity contribution in [2.75, 3.05) is 6.61 Å². The summed E-state index contributed by atoms with van der Waals surface area (Å²) in [6, 6.07) is 14.2. The fraction of sp³-hybridized carbons (Fsp3) is 0.235. The molecule has 2 aromatic rings. The Labute approximate surface area is 114 Å². The number of aromatic nitrogens is 1. The summed E-state index contributed by atoms with van der Waals surface area (Å²) in [4.78, 5) is 4.34. The van der Waals surface area contributed by atoms with E-state index in [2.05, 4.69) is 30.1 Å². The summed E-state index contributed by atoms with van der Waals surface area (Å²) in [5, 5.41) is 9.05. The van der Waals surface area contributed by atoms with Gasteiger partial charge in [-0.15, -0.1) is 0 Å². The number of benzene rings is 1. The number of hydrogen-bond acceptors (Lipinski definition) is 2. The first-order valence-electron chi connectivity index (χ1n) is 6.59. The molecule has 1 aromatic carbocycles. The summed E-state index contributed by atoms with van der Waals surface area (Å²) in [6.07, 6.45) is 5.54. The molecule has 19 heavy (non-hydrogen) atoms. The van der Waals surface area contributed by atoms with E-state index in [9.17, 15) is 0 Å².